The van der Waals surface area contributed by atoms with Crippen LogP contribution in [-0.4, -0.2) is 38.6 Å². The standard InChI is InChI=1S/C26H23N5O2S/c1-15-6-5-7-18(12-15)25-29-31-23(27)22(24(32)28-26(31)34-25)14-19-13-16(2)30(17(19)3)20-8-10-21(33-4)11-9-20/h5-14,27H,1-4H3. The van der Waals surface area contributed by atoms with E-state index in [4.69, 9.17) is 10.1 Å². The molecule has 1 amide bonds. The van der Waals surface area contributed by atoms with Crippen LogP contribution in [0.25, 0.3) is 11.8 Å². The maximum Gasteiger partial charge on any atom is 0.283 e. The minimum absolute atomic E-state index is 0.0272. The number of carbonyl (C=O) groups excluding carboxylic acids is 1. The molecule has 0 saturated heterocycles. The summed E-state index contributed by atoms with van der Waals surface area (Å²) in [7, 11) is 1.64. The first kappa shape index (κ1) is 21.9. The Kier molecular flexibility index (Phi) is 5.45. The van der Waals surface area contributed by atoms with Gasteiger partial charge in [0.1, 0.15) is 10.8 Å². The number of nitrogens with zero attached hydrogens (tertiary/aromatic N) is 4. The predicted octanol–water partition coefficient (Wildman–Crippen LogP) is 5.08. The van der Waals surface area contributed by atoms with Crippen LogP contribution in [0.15, 0.2) is 70.3 Å². The van der Waals surface area contributed by atoms with Crippen LogP contribution in [-0.2, 0) is 4.79 Å². The third-order valence-electron chi connectivity index (χ3n) is 5.82. The van der Waals surface area contributed by atoms with Gasteiger partial charge in [0.2, 0.25) is 5.17 Å². The summed E-state index contributed by atoms with van der Waals surface area (Å²) in [5.41, 5.74) is 6.11. The zero-order chi connectivity index (χ0) is 24.0. The smallest absolute Gasteiger partial charge is 0.283 e. The Hall–Kier alpha value is -3.91. The van der Waals surface area contributed by atoms with Crippen LogP contribution in [0.1, 0.15) is 28.1 Å². The van der Waals surface area contributed by atoms with Gasteiger partial charge in [-0.2, -0.15) is 15.1 Å². The first-order chi connectivity index (χ1) is 16.4. The maximum absolute atomic E-state index is 12.9. The molecule has 0 saturated carbocycles. The van der Waals surface area contributed by atoms with Gasteiger partial charge in [0.15, 0.2) is 5.84 Å². The average Bonchev–Trinajstić information content (AvgIpc) is 3.37. The molecular formula is C26H23N5O2S. The topological polar surface area (TPSA) is 83.0 Å². The molecule has 0 bridgehead atoms. The number of thioether (sulfide) groups is 1. The third-order valence-corrected chi connectivity index (χ3v) is 6.78. The molecule has 2 aliphatic rings. The molecule has 0 radical (unpaired) electrons. The van der Waals surface area contributed by atoms with E-state index in [2.05, 4.69) is 14.7 Å². The zero-order valence-corrected chi connectivity index (χ0v) is 20.1. The van der Waals surface area contributed by atoms with Crippen LogP contribution in [0.3, 0.4) is 0 Å². The van der Waals surface area contributed by atoms with E-state index in [0.717, 1.165) is 44.6 Å². The van der Waals surface area contributed by atoms with Crippen molar-refractivity contribution < 1.29 is 9.53 Å². The summed E-state index contributed by atoms with van der Waals surface area (Å²) >= 11 is 1.30. The van der Waals surface area contributed by atoms with E-state index in [1.807, 2.05) is 75.4 Å². The number of amidine groups is 2. The van der Waals surface area contributed by atoms with Crippen LogP contribution in [0.2, 0.25) is 0 Å². The van der Waals surface area contributed by atoms with Crippen molar-refractivity contribution in [3.63, 3.8) is 0 Å². The highest BCUT2D eigenvalue weighted by Crippen LogP contribution is 2.32. The molecule has 5 rings (SSSR count). The first-order valence-corrected chi connectivity index (χ1v) is 11.6. The van der Waals surface area contributed by atoms with Gasteiger partial charge in [0.25, 0.3) is 5.91 Å². The summed E-state index contributed by atoms with van der Waals surface area (Å²) < 4.78 is 7.37. The number of aliphatic imine (C=N–C) groups is 1. The Morgan fingerprint density at radius 1 is 1.06 bits per heavy atom. The lowest BCUT2D eigenvalue weighted by molar-refractivity contribution is -0.114. The Bertz CT molecular complexity index is 1430. The number of aromatic nitrogens is 1. The Balaban J connectivity index is 1.49. The van der Waals surface area contributed by atoms with E-state index < -0.39 is 5.91 Å². The summed E-state index contributed by atoms with van der Waals surface area (Å²) in [5, 5.41) is 15.9. The van der Waals surface area contributed by atoms with Crippen LogP contribution in [0, 0.1) is 26.2 Å². The molecule has 0 atom stereocenters. The Morgan fingerprint density at radius 2 is 1.82 bits per heavy atom. The fourth-order valence-corrected chi connectivity index (χ4v) is 4.99. The highest BCUT2D eigenvalue weighted by Gasteiger charge is 2.36. The Morgan fingerprint density at radius 3 is 2.53 bits per heavy atom. The number of methoxy groups -OCH3 is 1. The van der Waals surface area contributed by atoms with Crippen molar-refractivity contribution in [3.05, 3.63) is 88.2 Å². The van der Waals surface area contributed by atoms with Crippen LogP contribution >= 0.6 is 11.8 Å². The number of amides is 1. The quantitative estimate of drug-likeness (QED) is 0.540. The number of nitrogens with one attached hydrogen (secondary N) is 1. The van der Waals surface area contributed by atoms with Crippen molar-refractivity contribution in [2.45, 2.75) is 20.8 Å². The second-order valence-electron chi connectivity index (χ2n) is 8.15. The van der Waals surface area contributed by atoms with Crippen molar-refractivity contribution in [1.82, 2.24) is 9.58 Å². The molecule has 0 unspecified atom stereocenters. The fraction of sp³-hybridized carbons (Fsp3) is 0.154. The lowest BCUT2D eigenvalue weighted by atomic mass is 10.1. The molecule has 170 valence electrons. The molecule has 7 nitrogen and oxygen atoms in total. The van der Waals surface area contributed by atoms with Crippen molar-refractivity contribution in [2.24, 2.45) is 10.1 Å². The summed E-state index contributed by atoms with van der Waals surface area (Å²) in [6, 6.07) is 17.8. The second-order valence-corrected chi connectivity index (χ2v) is 9.11. The van der Waals surface area contributed by atoms with Crippen molar-refractivity contribution in [1.29, 1.82) is 5.41 Å². The Labute approximate surface area is 202 Å². The molecule has 0 aliphatic carbocycles. The largest absolute Gasteiger partial charge is 0.497 e. The molecule has 1 N–H and O–H groups in total. The minimum atomic E-state index is -0.432. The van der Waals surface area contributed by atoms with E-state index in [0.29, 0.717) is 5.17 Å². The van der Waals surface area contributed by atoms with Gasteiger partial charge < -0.3 is 9.30 Å². The van der Waals surface area contributed by atoms with Crippen molar-refractivity contribution >= 4 is 39.8 Å². The molecule has 8 heteroatoms. The van der Waals surface area contributed by atoms with E-state index in [-0.39, 0.29) is 11.4 Å². The van der Waals surface area contributed by atoms with Gasteiger partial charge in [-0.15, -0.1) is 0 Å². The minimum Gasteiger partial charge on any atom is -0.497 e. The second kappa shape index (κ2) is 8.46. The van der Waals surface area contributed by atoms with E-state index in [9.17, 15) is 4.79 Å². The van der Waals surface area contributed by atoms with Gasteiger partial charge in [-0.3, -0.25) is 10.2 Å². The number of ether oxygens (including phenoxy) is 1. The number of fused-ring (bicyclic) bond motifs is 1. The molecule has 0 fully saturated rings. The summed E-state index contributed by atoms with van der Waals surface area (Å²) in [5.74, 6) is 0.385. The average molecular weight is 470 g/mol. The lowest BCUT2D eigenvalue weighted by Gasteiger charge is -2.20. The zero-order valence-electron chi connectivity index (χ0n) is 19.3. The highest BCUT2D eigenvalue weighted by atomic mass is 32.2. The number of hydrazone groups is 1. The number of hydrogen-bond acceptors (Lipinski definition) is 5. The molecule has 2 aliphatic heterocycles. The molecule has 3 aromatic rings. The molecule has 2 aromatic carbocycles. The van der Waals surface area contributed by atoms with Crippen LogP contribution < -0.4 is 4.74 Å². The summed E-state index contributed by atoms with van der Waals surface area (Å²) in [6.07, 6.45) is 1.73. The molecule has 1 aromatic heterocycles. The number of hydrogen-bond donors (Lipinski definition) is 1. The maximum atomic E-state index is 12.9. The van der Waals surface area contributed by atoms with Crippen molar-refractivity contribution in [3.8, 4) is 11.4 Å². The van der Waals surface area contributed by atoms with Gasteiger partial charge >= 0.3 is 0 Å². The highest BCUT2D eigenvalue weighted by molar-refractivity contribution is 8.27. The molecule has 0 spiro atoms. The number of aryl methyl sites for hydroxylation is 2. The fourth-order valence-electron chi connectivity index (χ4n) is 4.10. The summed E-state index contributed by atoms with van der Waals surface area (Å²) in [4.78, 5) is 17.1. The first-order valence-electron chi connectivity index (χ1n) is 10.8. The molecule has 34 heavy (non-hydrogen) atoms. The number of rotatable bonds is 4. The van der Waals surface area contributed by atoms with Crippen molar-refractivity contribution in [2.75, 3.05) is 7.11 Å². The molecule has 3 heterocycles. The summed E-state index contributed by atoms with van der Waals surface area (Å²) in [6.45, 7) is 6.03. The third kappa shape index (κ3) is 3.76. The normalized spacial score (nSPS) is 16.6. The van der Waals surface area contributed by atoms with Gasteiger partial charge in [-0.1, -0.05) is 23.8 Å². The van der Waals surface area contributed by atoms with E-state index >= 15 is 0 Å². The van der Waals surface area contributed by atoms with Crippen LogP contribution in [0.5, 0.6) is 5.75 Å². The lowest BCUT2D eigenvalue weighted by Crippen LogP contribution is -2.35. The number of carbonyl (C=O) groups is 1. The van der Waals surface area contributed by atoms with Gasteiger partial charge in [-0.25, -0.2) is 0 Å². The molecular weight excluding hydrogens is 446 g/mol. The van der Waals surface area contributed by atoms with Gasteiger partial charge in [0.05, 0.1) is 12.7 Å². The predicted molar refractivity (Wildman–Crippen MR) is 137 cm³/mol. The van der Waals surface area contributed by atoms with Crippen LogP contribution in [0.4, 0.5) is 0 Å². The van der Waals surface area contributed by atoms with Gasteiger partial charge in [0, 0.05) is 22.6 Å². The SMILES string of the molecule is COc1ccc(-n2c(C)cc(C=C3C(=N)N4N=C(c5cccc(C)c5)SC4=NC3=O)c2C)cc1. The van der Waals surface area contributed by atoms with E-state index in [1.54, 1.807) is 13.2 Å². The monoisotopic (exact) mass is 469 g/mol. The number of benzene rings is 2. The van der Waals surface area contributed by atoms with E-state index in [1.165, 1.54) is 16.8 Å². The van der Waals surface area contributed by atoms with Gasteiger partial charge in [-0.05, 0) is 80.6 Å².